The van der Waals surface area contributed by atoms with E-state index in [9.17, 15) is 9.59 Å². The first-order valence-corrected chi connectivity index (χ1v) is 9.83. The van der Waals surface area contributed by atoms with Crippen molar-refractivity contribution in [3.05, 3.63) is 59.2 Å². The van der Waals surface area contributed by atoms with Crippen LogP contribution in [0, 0.1) is 6.92 Å². The van der Waals surface area contributed by atoms with Crippen molar-refractivity contribution < 1.29 is 23.8 Å². The largest absolute Gasteiger partial charge is 0.484 e. The average molecular weight is 412 g/mol. The SMILES string of the molecule is CCc1cc(C)cc(OCC(=O)N/N=C/c2ccc(OCC(=O)OC(C)C)cc2)c1. The van der Waals surface area contributed by atoms with Crippen LogP contribution in [0.2, 0.25) is 0 Å². The highest BCUT2D eigenvalue weighted by atomic mass is 16.6. The number of amides is 1. The second kappa shape index (κ2) is 11.6. The molecular weight excluding hydrogens is 384 g/mol. The normalized spacial score (nSPS) is 10.8. The van der Waals surface area contributed by atoms with Gasteiger partial charge in [0.25, 0.3) is 5.91 Å². The van der Waals surface area contributed by atoms with E-state index >= 15 is 0 Å². The molecule has 0 aromatic heterocycles. The summed E-state index contributed by atoms with van der Waals surface area (Å²) in [5.74, 6) is 0.431. The van der Waals surface area contributed by atoms with Gasteiger partial charge in [0, 0.05) is 0 Å². The second-order valence-corrected chi connectivity index (χ2v) is 6.99. The lowest BCUT2D eigenvalue weighted by Crippen LogP contribution is -2.24. The summed E-state index contributed by atoms with van der Waals surface area (Å²) >= 11 is 0. The molecule has 1 N–H and O–H groups in total. The van der Waals surface area contributed by atoms with Crippen molar-refractivity contribution in [2.75, 3.05) is 13.2 Å². The van der Waals surface area contributed by atoms with Crippen LogP contribution in [0.15, 0.2) is 47.6 Å². The molecule has 1 amide bonds. The quantitative estimate of drug-likeness (QED) is 0.367. The predicted octanol–water partition coefficient (Wildman–Crippen LogP) is 3.42. The van der Waals surface area contributed by atoms with Crippen LogP contribution in [-0.4, -0.2) is 37.4 Å². The number of carbonyl (C=O) groups excluding carboxylic acids is 2. The molecule has 0 atom stereocenters. The van der Waals surface area contributed by atoms with Gasteiger partial charge in [-0.1, -0.05) is 13.0 Å². The van der Waals surface area contributed by atoms with E-state index in [1.165, 1.54) is 6.21 Å². The zero-order chi connectivity index (χ0) is 21.9. The average Bonchev–Trinajstić information content (AvgIpc) is 2.70. The van der Waals surface area contributed by atoms with Gasteiger partial charge in [0.05, 0.1) is 12.3 Å². The van der Waals surface area contributed by atoms with Gasteiger partial charge < -0.3 is 14.2 Å². The monoisotopic (exact) mass is 412 g/mol. The fourth-order valence-electron chi connectivity index (χ4n) is 2.56. The minimum atomic E-state index is -0.419. The van der Waals surface area contributed by atoms with Crippen LogP contribution in [0.3, 0.4) is 0 Å². The van der Waals surface area contributed by atoms with Crippen LogP contribution in [0.4, 0.5) is 0 Å². The molecule has 0 saturated heterocycles. The summed E-state index contributed by atoms with van der Waals surface area (Å²) in [5, 5.41) is 3.92. The molecule has 0 aliphatic rings. The Morgan fingerprint density at radius 2 is 1.73 bits per heavy atom. The van der Waals surface area contributed by atoms with Gasteiger partial charge in [-0.15, -0.1) is 0 Å². The molecule has 7 nitrogen and oxygen atoms in total. The van der Waals surface area contributed by atoms with E-state index in [1.54, 1.807) is 38.1 Å². The Bertz CT molecular complexity index is 876. The summed E-state index contributed by atoms with van der Waals surface area (Å²) in [6, 6.07) is 12.8. The van der Waals surface area contributed by atoms with E-state index in [4.69, 9.17) is 14.2 Å². The van der Waals surface area contributed by atoms with Crippen LogP contribution in [0.5, 0.6) is 11.5 Å². The van der Waals surface area contributed by atoms with Crippen molar-refractivity contribution in [3.63, 3.8) is 0 Å². The molecule has 0 unspecified atom stereocenters. The first-order chi connectivity index (χ1) is 14.4. The fraction of sp³-hybridized carbons (Fsp3) is 0.348. The zero-order valence-corrected chi connectivity index (χ0v) is 17.8. The van der Waals surface area contributed by atoms with Gasteiger partial charge in [-0.3, -0.25) is 4.79 Å². The smallest absolute Gasteiger partial charge is 0.344 e. The third kappa shape index (κ3) is 8.34. The summed E-state index contributed by atoms with van der Waals surface area (Å²) in [6.07, 6.45) is 2.24. The molecule has 0 bridgehead atoms. The van der Waals surface area contributed by atoms with Crippen molar-refractivity contribution in [3.8, 4) is 11.5 Å². The Morgan fingerprint density at radius 1 is 1.03 bits per heavy atom. The summed E-state index contributed by atoms with van der Waals surface area (Å²) in [6.45, 7) is 7.35. The van der Waals surface area contributed by atoms with Gasteiger partial charge in [0.15, 0.2) is 13.2 Å². The van der Waals surface area contributed by atoms with E-state index < -0.39 is 5.97 Å². The van der Waals surface area contributed by atoms with Gasteiger partial charge >= 0.3 is 5.97 Å². The molecule has 30 heavy (non-hydrogen) atoms. The number of hydrogen-bond acceptors (Lipinski definition) is 6. The number of hydrogen-bond donors (Lipinski definition) is 1. The topological polar surface area (TPSA) is 86.2 Å². The van der Waals surface area contributed by atoms with Crippen molar-refractivity contribution in [2.45, 2.75) is 40.2 Å². The van der Waals surface area contributed by atoms with Crippen molar-refractivity contribution in [1.29, 1.82) is 0 Å². The van der Waals surface area contributed by atoms with E-state index in [2.05, 4.69) is 23.5 Å². The number of hydrazone groups is 1. The van der Waals surface area contributed by atoms with Crippen molar-refractivity contribution >= 4 is 18.1 Å². The second-order valence-electron chi connectivity index (χ2n) is 6.99. The molecule has 2 rings (SSSR count). The molecule has 0 fully saturated rings. The molecule has 0 saturated carbocycles. The summed E-state index contributed by atoms with van der Waals surface area (Å²) in [5.41, 5.74) is 5.44. The maximum Gasteiger partial charge on any atom is 0.344 e. The minimum absolute atomic E-state index is 0.122. The Labute approximate surface area is 177 Å². The molecule has 2 aromatic carbocycles. The highest BCUT2D eigenvalue weighted by Crippen LogP contribution is 2.17. The van der Waals surface area contributed by atoms with Crippen molar-refractivity contribution in [2.24, 2.45) is 5.10 Å². The van der Waals surface area contributed by atoms with E-state index in [0.29, 0.717) is 11.5 Å². The molecule has 0 aliphatic heterocycles. The standard InChI is InChI=1S/C23H28N2O5/c1-5-18-10-17(4)11-21(12-18)28-14-22(26)25-24-13-19-6-8-20(9-7-19)29-15-23(27)30-16(2)3/h6-13,16H,5,14-15H2,1-4H3,(H,25,26)/b24-13+. The highest BCUT2D eigenvalue weighted by Gasteiger charge is 2.06. The highest BCUT2D eigenvalue weighted by molar-refractivity contribution is 5.83. The van der Waals surface area contributed by atoms with E-state index in [1.807, 2.05) is 19.1 Å². The lowest BCUT2D eigenvalue weighted by molar-refractivity contribution is -0.149. The molecule has 7 heteroatoms. The number of carbonyl (C=O) groups is 2. The Morgan fingerprint density at radius 3 is 2.40 bits per heavy atom. The number of aryl methyl sites for hydroxylation is 2. The number of rotatable bonds is 10. The van der Waals surface area contributed by atoms with E-state index in [0.717, 1.165) is 23.1 Å². The number of esters is 1. The Balaban J connectivity index is 1.76. The zero-order valence-electron chi connectivity index (χ0n) is 17.8. The fourth-order valence-corrected chi connectivity index (χ4v) is 2.56. The minimum Gasteiger partial charge on any atom is -0.484 e. The van der Waals surface area contributed by atoms with Gasteiger partial charge in [-0.25, -0.2) is 10.2 Å². The first kappa shape index (κ1) is 22.9. The van der Waals surface area contributed by atoms with Gasteiger partial charge in [-0.05, 0) is 80.3 Å². The summed E-state index contributed by atoms with van der Waals surface area (Å²) < 4.78 is 15.9. The molecule has 0 heterocycles. The van der Waals surface area contributed by atoms with Crippen LogP contribution in [0.1, 0.15) is 37.5 Å². The maximum absolute atomic E-state index is 11.9. The first-order valence-electron chi connectivity index (χ1n) is 9.83. The predicted molar refractivity (Wildman–Crippen MR) is 115 cm³/mol. The van der Waals surface area contributed by atoms with Crippen LogP contribution in [0.25, 0.3) is 0 Å². The summed E-state index contributed by atoms with van der Waals surface area (Å²) in [4.78, 5) is 23.4. The number of benzene rings is 2. The van der Waals surface area contributed by atoms with E-state index in [-0.39, 0.29) is 25.2 Å². The number of nitrogens with zero attached hydrogens (tertiary/aromatic N) is 1. The Kier molecular flexibility index (Phi) is 8.87. The molecule has 0 spiro atoms. The number of nitrogens with one attached hydrogen (secondary N) is 1. The van der Waals surface area contributed by atoms with Crippen LogP contribution >= 0.6 is 0 Å². The van der Waals surface area contributed by atoms with Crippen LogP contribution in [-0.2, 0) is 20.7 Å². The molecule has 0 aliphatic carbocycles. The molecule has 160 valence electrons. The Hall–Kier alpha value is -3.35. The van der Waals surface area contributed by atoms with Crippen LogP contribution < -0.4 is 14.9 Å². The van der Waals surface area contributed by atoms with Gasteiger partial charge in [0.2, 0.25) is 0 Å². The van der Waals surface area contributed by atoms with Gasteiger partial charge in [0.1, 0.15) is 11.5 Å². The molecule has 0 radical (unpaired) electrons. The maximum atomic E-state index is 11.9. The third-order valence-electron chi connectivity index (χ3n) is 3.90. The van der Waals surface area contributed by atoms with Gasteiger partial charge in [-0.2, -0.15) is 5.10 Å². The van der Waals surface area contributed by atoms with Crippen molar-refractivity contribution in [1.82, 2.24) is 5.43 Å². The lowest BCUT2D eigenvalue weighted by atomic mass is 10.1. The lowest BCUT2D eigenvalue weighted by Gasteiger charge is -2.09. The molecular formula is C23H28N2O5. The summed E-state index contributed by atoms with van der Waals surface area (Å²) in [7, 11) is 0. The number of ether oxygens (including phenoxy) is 3. The molecule has 2 aromatic rings. The third-order valence-corrected chi connectivity index (χ3v) is 3.90.